The minimum atomic E-state index is -0.0223. The zero-order valence-corrected chi connectivity index (χ0v) is 18.1. The highest BCUT2D eigenvalue weighted by atomic mass is 35.5. The Morgan fingerprint density at radius 3 is 2.73 bits per heavy atom. The van der Waals surface area contributed by atoms with Crippen LogP contribution in [-0.2, 0) is 19.5 Å². The molecule has 3 heterocycles. The van der Waals surface area contributed by atoms with Crippen molar-refractivity contribution in [1.29, 1.82) is 0 Å². The summed E-state index contributed by atoms with van der Waals surface area (Å²) in [4.78, 5) is 26.0. The molecule has 0 bridgehead atoms. The van der Waals surface area contributed by atoms with Gasteiger partial charge >= 0.3 is 0 Å². The van der Waals surface area contributed by atoms with Crippen LogP contribution < -0.4 is 5.56 Å². The molecule has 1 aliphatic rings. The highest BCUT2D eigenvalue weighted by molar-refractivity contribution is 7.98. The molecule has 0 saturated carbocycles. The first-order chi connectivity index (χ1) is 14.6. The van der Waals surface area contributed by atoms with Crippen molar-refractivity contribution in [3.8, 4) is 11.3 Å². The van der Waals surface area contributed by atoms with Crippen molar-refractivity contribution >= 4 is 34.3 Å². The summed E-state index contributed by atoms with van der Waals surface area (Å²) in [5, 5.41) is 2.62. The van der Waals surface area contributed by atoms with E-state index in [2.05, 4.69) is 38.1 Å². The van der Waals surface area contributed by atoms with Gasteiger partial charge in [0.15, 0.2) is 5.16 Å². The van der Waals surface area contributed by atoms with Crippen LogP contribution in [0.2, 0.25) is 5.02 Å². The maximum Gasteiger partial charge on any atom is 0.256 e. The number of hydrogen-bond donors (Lipinski definition) is 2. The maximum atomic E-state index is 12.6. The quantitative estimate of drug-likeness (QED) is 0.354. The lowest BCUT2D eigenvalue weighted by atomic mass is 10.0. The van der Waals surface area contributed by atoms with Gasteiger partial charge in [0.25, 0.3) is 5.56 Å². The van der Waals surface area contributed by atoms with E-state index in [4.69, 9.17) is 11.6 Å². The van der Waals surface area contributed by atoms with E-state index in [9.17, 15) is 4.79 Å². The summed E-state index contributed by atoms with van der Waals surface area (Å²) in [6.45, 7) is 2.23. The number of H-pyrrole nitrogens is 2. The number of nitrogens with one attached hydrogen (secondary N) is 2. The Morgan fingerprint density at radius 1 is 1.13 bits per heavy atom. The lowest BCUT2D eigenvalue weighted by Gasteiger charge is -2.28. The third-order valence-electron chi connectivity index (χ3n) is 5.65. The molecule has 0 fully saturated rings. The molecule has 2 aromatic heterocycles. The second-order valence-electron chi connectivity index (χ2n) is 7.49. The third-order valence-corrected chi connectivity index (χ3v) is 6.48. The molecule has 2 aromatic carbocycles. The van der Waals surface area contributed by atoms with Gasteiger partial charge in [0, 0.05) is 42.0 Å². The summed E-state index contributed by atoms with van der Waals surface area (Å²) in [5.74, 6) is 0. The predicted octanol–water partition coefficient (Wildman–Crippen LogP) is 4.85. The molecule has 2 N–H and O–H groups in total. The molecule has 4 aromatic rings. The molecular weight excluding hydrogens is 416 g/mol. The van der Waals surface area contributed by atoms with Crippen LogP contribution in [0, 0.1) is 0 Å². The van der Waals surface area contributed by atoms with Crippen LogP contribution in [0.3, 0.4) is 0 Å². The van der Waals surface area contributed by atoms with Gasteiger partial charge in [-0.3, -0.25) is 9.69 Å². The van der Waals surface area contributed by atoms with Crippen LogP contribution in [0.5, 0.6) is 0 Å². The Hall–Kier alpha value is -2.54. The molecule has 5 rings (SSSR count). The number of fused-ring (bicyclic) bond motifs is 2. The first kappa shape index (κ1) is 19.4. The molecule has 0 spiro atoms. The Morgan fingerprint density at radius 2 is 1.93 bits per heavy atom. The molecule has 1 aliphatic heterocycles. The number of thioether (sulfide) groups is 1. The zero-order valence-electron chi connectivity index (χ0n) is 16.5. The minimum Gasteiger partial charge on any atom is -0.354 e. The fourth-order valence-corrected chi connectivity index (χ4v) is 4.66. The highest BCUT2D eigenvalue weighted by Gasteiger charge is 2.23. The van der Waals surface area contributed by atoms with Crippen LogP contribution >= 0.6 is 23.4 Å². The molecule has 0 saturated heterocycles. The number of para-hydroxylation sites is 1. The molecule has 0 aliphatic carbocycles. The molecule has 152 valence electrons. The van der Waals surface area contributed by atoms with Crippen molar-refractivity contribution in [3.05, 3.63) is 80.7 Å². The molecule has 0 radical (unpaired) electrons. The summed E-state index contributed by atoms with van der Waals surface area (Å²) in [7, 11) is 0. The largest absolute Gasteiger partial charge is 0.354 e. The normalized spacial score (nSPS) is 14.2. The molecule has 30 heavy (non-hydrogen) atoms. The van der Waals surface area contributed by atoms with Gasteiger partial charge in [-0.2, -0.15) is 0 Å². The summed E-state index contributed by atoms with van der Waals surface area (Å²) in [6, 6.07) is 16.3. The number of hydrogen-bond acceptors (Lipinski definition) is 4. The Balaban J connectivity index is 1.52. The van der Waals surface area contributed by atoms with Gasteiger partial charge in [-0.05, 0) is 35.6 Å². The van der Waals surface area contributed by atoms with E-state index >= 15 is 0 Å². The van der Waals surface area contributed by atoms with Gasteiger partial charge < -0.3 is 9.97 Å². The van der Waals surface area contributed by atoms with Crippen molar-refractivity contribution in [2.24, 2.45) is 0 Å². The van der Waals surface area contributed by atoms with Gasteiger partial charge in [-0.15, -0.1) is 0 Å². The topological polar surface area (TPSA) is 64.8 Å². The van der Waals surface area contributed by atoms with Crippen LogP contribution in [0.25, 0.3) is 22.2 Å². The summed E-state index contributed by atoms with van der Waals surface area (Å²) < 4.78 is 0. The average Bonchev–Trinajstić information content (AvgIpc) is 3.13. The van der Waals surface area contributed by atoms with Gasteiger partial charge in [0.2, 0.25) is 0 Å². The average molecular weight is 437 g/mol. The molecule has 0 atom stereocenters. The summed E-state index contributed by atoms with van der Waals surface area (Å²) in [6.07, 6.45) is 2.71. The molecule has 0 unspecified atom stereocenters. The Bertz CT molecular complexity index is 1280. The Kier molecular flexibility index (Phi) is 5.15. The lowest BCUT2D eigenvalue weighted by molar-refractivity contribution is 0.242. The SMILES string of the molecule is CSc1nc2c(c(=O)[nH]1)CN(Cc1c(-c3ccc(Cl)cc3)[nH]c3ccccc13)CC2. The number of aromatic nitrogens is 3. The third kappa shape index (κ3) is 3.55. The smallest absolute Gasteiger partial charge is 0.256 e. The first-order valence-electron chi connectivity index (χ1n) is 9.86. The summed E-state index contributed by atoms with van der Waals surface area (Å²) in [5.41, 5.74) is 6.24. The van der Waals surface area contributed by atoms with Crippen LogP contribution in [0.15, 0.2) is 58.5 Å². The van der Waals surface area contributed by atoms with Crippen molar-refractivity contribution in [2.75, 3.05) is 12.8 Å². The van der Waals surface area contributed by atoms with E-state index in [0.717, 1.165) is 52.6 Å². The predicted molar refractivity (Wildman–Crippen MR) is 123 cm³/mol. The lowest BCUT2D eigenvalue weighted by Crippen LogP contribution is -2.35. The number of benzene rings is 2. The summed E-state index contributed by atoms with van der Waals surface area (Å²) >= 11 is 7.57. The van der Waals surface area contributed by atoms with E-state index in [-0.39, 0.29) is 5.56 Å². The van der Waals surface area contributed by atoms with Gasteiger partial charge in [0.05, 0.1) is 17.0 Å². The fourth-order valence-electron chi connectivity index (χ4n) is 4.14. The molecule has 5 nitrogen and oxygen atoms in total. The second-order valence-corrected chi connectivity index (χ2v) is 8.72. The maximum absolute atomic E-state index is 12.6. The van der Waals surface area contributed by atoms with Crippen molar-refractivity contribution in [2.45, 2.75) is 24.7 Å². The van der Waals surface area contributed by atoms with Crippen LogP contribution in [0.4, 0.5) is 0 Å². The van der Waals surface area contributed by atoms with Gasteiger partial charge in [-0.1, -0.05) is 53.7 Å². The number of rotatable bonds is 4. The second kappa shape index (κ2) is 7.95. The standard InChI is InChI=1S/C23H21ClN4OS/c1-30-23-26-20-10-11-28(13-18(20)22(29)27-23)12-17-16-4-2-3-5-19(16)25-21(17)14-6-8-15(24)9-7-14/h2-9,25H,10-13H2,1H3,(H,26,27,29). The van der Waals surface area contributed by atoms with Gasteiger partial charge in [-0.25, -0.2) is 4.98 Å². The van der Waals surface area contributed by atoms with E-state index in [0.29, 0.717) is 11.7 Å². The van der Waals surface area contributed by atoms with Crippen molar-refractivity contribution in [3.63, 3.8) is 0 Å². The fraction of sp³-hybridized carbons (Fsp3) is 0.217. The number of nitrogens with zero attached hydrogens (tertiary/aromatic N) is 2. The van der Waals surface area contributed by atoms with Crippen molar-refractivity contribution < 1.29 is 0 Å². The van der Waals surface area contributed by atoms with E-state index in [1.807, 2.05) is 36.6 Å². The monoisotopic (exact) mass is 436 g/mol. The Labute approximate surface area is 183 Å². The molecular formula is C23H21ClN4OS. The molecule has 7 heteroatoms. The van der Waals surface area contributed by atoms with Crippen LogP contribution in [-0.4, -0.2) is 32.7 Å². The highest BCUT2D eigenvalue weighted by Crippen LogP contribution is 2.33. The van der Waals surface area contributed by atoms with E-state index in [1.165, 1.54) is 22.7 Å². The zero-order chi connectivity index (χ0) is 20.7. The van der Waals surface area contributed by atoms with Gasteiger partial charge in [0.1, 0.15) is 0 Å². The van der Waals surface area contributed by atoms with E-state index < -0.39 is 0 Å². The first-order valence-corrected chi connectivity index (χ1v) is 11.5. The number of aromatic amines is 2. The molecule has 0 amide bonds. The van der Waals surface area contributed by atoms with E-state index in [1.54, 1.807) is 0 Å². The minimum absolute atomic E-state index is 0.0223. The van der Waals surface area contributed by atoms with Crippen molar-refractivity contribution in [1.82, 2.24) is 19.9 Å². The van der Waals surface area contributed by atoms with Crippen LogP contribution in [0.1, 0.15) is 16.8 Å². The number of halogens is 1.